The highest BCUT2D eigenvalue weighted by molar-refractivity contribution is 6.03. The highest BCUT2D eigenvalue weighted by Crippen LogP contribution is 2.44. The van der Waals surface area contributed by atoms with E-state index < -0.39 is 11.7 Å². The Bertz CT molecular complexity index is 1210. The number of nitrogens with one attached hydrogen (secondary N) is 3. The van der Waals surface area contributed by atoms with Crippen molar-refractivity contribution < 1.29 is 23.5 Å². The number of carbonyl (C=O) groups excluding carboxylic acids is 2. The van der Waals surface area contributed by atoms with Crippen LogP contribution in [0.4, 0.5) is 21.6 Å². The van der Waals surface area contributed by atoms with Crippen LogP contribution in [0.1, 0.15) is 26.2 Å². The normalized spacial score (nSPS) is 13.8. The van der Waals surface area contributed by atoms with E-state index in [-0.39, 0.29) is 23.1 Å². The Morgan fingerprint density at radius 1 is 1.06 bits per heavy atom. The maximum Gasteiger partial charge on any atom is 0.233 e. The Hall–Kier alpha value is -3.79. The van der Waals surface area contributed by atoms with Crippen molar-refractivity contribution in [1.82, 2.24) is 15.3 Å². The van der Waals surface area contributed by atoms with E-state index in [1.807, 2.05) is 0 Å². The van der Waals surface area contributed by atoms with E-state index in [0.717, 1.165) is 12.8 Å². The molecule has 10 heteroatoms. The lowest BCUT2D eigenvalue weighted by Gasteiger charge is -2.12. The first-order valence-corrected chi connectivity index (χ1v) is 11.3. The fraction of sp³-hybridized carbons (Fsp3) is 0.360. The summed E-state index contributed by atoms with van der Waals surface area (Å²) in [6.45, 7) is 3.39. The van der Waals surface area contributed by atoms with Gasteiger partial charge in [0.05, 0.1) is 17.5 Å². The third kappa shape index (κ3) is 6.63. The quantitative estimate of drug-likeness (QED) is 0.282. The molecule has 4 rings (SSSR count). The molecule has 9 nitrogen and oxygen atoms in total. The lowest BCUT2D eigenvalue weighted by Crippen LogP contribution is -2.32. The number of benzene rings is 2. The van der Waals surface area contributed by atoms with E-state index in [1.54, 1.807) is 37.4 Å². The van der Waals surface area contributed by atoms with Crippen LogP contribution in [0.3, 0.4) is 0 Å². The number of fused-ring (bicyclic) bond motifs is 1. The third-order valence-electron chi connectivity index (χ3n) is 5.79. The smallest absolute Gasteiger partial charge is 0.233 e. The zero-order valence-corrected chi connectivity index (χ0v) is 19.7. The van der Waals surface area contributed by atoms with Gasteiger partial charge in [-0.3, -0.25) is 9.59 Å². The van der Waals surface area contributed by atoms with Crippen LogP contribution in [-0.2, 0) is 14.3 Å². The van der Waals surface area contributed by atoms with Gasteiger partial charge < -0.3 is 25.4 Å². The molecule has 2 aromatic carbocycles. The van der Waals surface area contributed by atoms with Crippen molar-refractivity contribution in [2.45, 2.75) is 26.2 Å². The fourth-order valence-corrected chi connectivity index (χ4v) is 3.43. The molecule has 0 atom stereocenters. The number of hydrogen-bond acceptors (Lipinski definition) is 7. The average Bonchev–Trinajstić information content (AvgIpc) is 3.56. The number of anilines is 3. The first-order valence-electron chi connectivity index (χ1n) is 11.3. The van der Waals surface area contributed by atoms with Crippen LogP contribution in [0.25, 0.3) is 10.9 Å². The largest absolute Gasteiger partial charge is 0.491 e. The van der Waals surface area contributed by atoms with Crippen molar-refractivity contribution >= 4 is 39.9 Å². The van der Waals surface area contributed by atoms with Gasteiger partial charge in [-0.2, -0.15) is 0 Å². The van der Waals surface area contributed by atoms with Crippen molar-refractivity contribution in [1.29, 1.82) is 0 Å². The van der Waals surface area contributed by atoms with Crippen molar-refractivity contribution in [2.24, 2.45) is 5.41 Å². The molecule has 3 aromatic rings. The lowest BCUT2D eigenvalue weighted by atomic mass is 10.1. The Balaban J connectivity index is 1.36. The first-order chi connectivity index (χ1) is 16.8. The van der Waals surface area contributed by atoms with E-state index in [0.29, 0.717) is 48.2 Å². The molecule has 1 heterocycles. The number of methoxy groups -OCH3 is 1. The molecule has 0 spiro atoms. The van der Waals surface area contributed by atoms with E-state index >= 15 is 0 Å². The minimum atomic E-state index is -0.518. The summed E-state index contributed by atoms with van der Waals surface area (Å²) in [7, 11) is 1.56. The Kier molecular flexibility index (Phi) is 7.40. The van der Waals surface area contributed by atoms with Crippen LogP contribution in [0, 0.1) is 11.2 Å². The molecule has 1 aliphatic carbocycles. The summed E-state index contributed by atoms with van der Waals surface area (Å²) >= 11 is 0. The van der Waals surface area contributed by atoms with Gasteiger partial charge >= 0.3 is 0 Å². The molecule has 1 fully saturated rings. The van der Waals surface area contributed by atoms with E-state index in [1.165, 1.54) is 12.4 Å². The van der Waals surface area contributed by atoms with Crippen LogP contribution < -0.4 is 20.7 Å². The average molecular weight is 482 g/mol. The summed E-state index contributed by atoms with van der Waals surface area (Å²) in [5.74, 6) is -0.549. The van der Waals surface area contributed by atoms with Gasteiger partial charge in [0, 0.05) is 37.2 Å². The number of hydrogen-bond donors (Lipinski definition) is 3. The summed E-state index contributed by atoms with van der Waals surface area (Å²) in [4.78, 5) is 32.5. The summed E-state index contributed by atoms with van der Waals surface area (Å²) < 4.78 is 25.3. The van der Waals surface area contributed by atoms with Gasteiger partial charge in [-0.15, -0.1) is 0 Å². The molecule has 1 aliphatic rings. The van der Waals surface area contributed by atoms with Crippen molar-refractivity contribution in [3.05, 3.63) is 48.5 Å². The number of nitrogens with zero attached hydrogens (tertiary/aromatic N) is 2. The van der Waals surface area contributed by atoms with Gasteiger partial charge in [-0.05, 0) is 42.5 Å². The molecule has 3 N–H and O–H groups in total. The summed E-state index contributed by atoms with van der Waals surface area (Å²) in [6, 6.07) is 9.73. The van der Waals surface area contributed by atoms with Gasteiger partial charge in [0.25, 0.3) is 0 Å². The SMILES string of the molecule is COCCOc1cc(F)c2c(Nc3ccc(NC(=O)CC(=O)NCC4(C)CC4)cc3)ncnc2c1. The predicted octanol–water partition coefficient (Wildman–Crippen LogP) is 3.78. The Morgan fingerprint density at radius 2 is 1.80 bits per heavy atom. The van der Waals surface area contributed by atoms with Gasteiger partial charge in [0.2, 0.25) is 11.8 Å². The molecular weight excluding hydrogens is 453 g/mol. The highest BCUT2D eigenvalue weighted by Gasteiger charge is 2.37. The number of amides is 2. The fourth-order valence-electron chi connectivity index (χ4n) is 3.43. The Morgan fingerprint density at radius 3 is 2.51 bits per heavy atom. The van der Waals surface area contributed by atoms with E-state index in [2.05, 4.69) is 32.8 Å². The topological polar surface area (TPSA) is 114 Å². The predicted molar refractivity (Wildman–Crippen MR) is 130 cm³/mol. The molecule has 0 aliphatic heterocycles. The summed E-state index contributed by atoms with van der Waals surface area (Å²) in [5.41, 5.74) is 1.76. The zero-order valence-electron chi connectivity index (χ0n) is 19.7. The maximum absolute atomic E-state index is 14.8. The minimum absolute atomic E-state index is 0.188. The van der Waals surface area contributed by atoms with Crippen molar-refractivity contribution in [3.8, 4) is 5.75 Å². The molecule has 0 saturated heterocycles. The second-order valence-electron chi connectivity index (χ2n) is 8.88. The van der Waals surface area contributed by atoms with Gasteiger partial charge in [0.15, 0.2) is 0 Å². The van der Waals surface area contributed by atoms with Gasteiger partial charge in [-0.25, -0.2) is 14.4 Å². The van der Waals surface area contributed by atoms with E-state index in [9.17, 15) is 14.0 Å². The molecule has 1 saturated carbocycles. The molecule has 35 heavy (non-hydrogen) atoms. The third-order valence-corrected chi connectivity index (χ3v) is 5.79. The van der Waals surface area contributed by atoms with Crippen LogP contribution in [-0.4, -0.2) is 48.7 Å². The first kappa shape index (κ1) is 24.3. The highest BCUT2D eigenvalue weighted by atomic mass is 19.1. The molecule has 0 bridgehead atoms. The molecule has 184 valence electrons. The van der Waals surface area contributed by atoms with Crippen molar-refractivity contribution in [3.63, 3.8) is 0 Å². The van der Waals surface area contributed by atoms with Crippen LogP contribution in [0.5, 0.6) is 5.75 Å². The number of halogens is 1. The van der Waals surface area contributed by atoms with Crippen LogP contribution in [0.2, 0.25) is 0 Å². The summed E-state index contributed by atoms with van der Waals surface area (Å²) in [5, 5.41) is 8.83. The number of rotatable bonds is 11. The number of aromatic nitrogens is 2. The van der Waals surface area contributed by atoms with Crippen LogP contribution in [0.15, 0.2) is 42.7 Å². The van der Waals surface area contributed by atoms with Gasteiger partial charge in [0.1, 0.15) is 36.7 Å². The molecule has 0 unspecified atom stereocenters. The second-order valence-corrected chi connectivity index (χ2v) is 8.88. The second kappa shape index (κ2) is 10.6. The van der Waals surface area contributed by atoms with Gasteiger partial charge in [-0.1, -0.05) is 6.92 Å². The summed E-state index contributed by atoms with van der Waals surface area (Å²) in [6.07, 6.45) is 3.30. The number of ether oxygens (including phenoxy) is 2. The molecule has 0 radical (unpaired) electrons. The Labute approximate surface area is 202 Å². The zero-order chi connectivity index (χ0) is 24.8. The molecule has 1 aromatic heterocycles. The molecular formula is C25H28FN5O4. The minimum Gasteiger partial charge on any atom is -0.491 e. The van der Waals surface area contributed by atoms with Crippen LogP contribution >= 0.6 is 0 Å². The maximum atomic E-state index is 14.8. The van der Waals surface area contributed by atoms with Crippen molar-refractivity contribution in [2.75, 3.05) is 37.5 Å². The number of carbonyl (C=O) groups is 2. The standard InChI is InChI=1S/C25H28FN5O4/c1-25(7-8-25)14-27-21(32)13-22(33)30-16-3-5-17(6-4-16)31-24-23-19(26)11-18(35-10-9-34-2)12-20(23)28-15-29-24/h3-6,11-12,15H,7-10,13-14H2,1-2H3,(H,27,32)(H,30,33)(H,28,29,31). The lowest BCUT2D eigenvalue weighted by molar-refractivity contribution is -0.126. The monoisotopic (exact) mass is 481 g/mol. The van der Waals surface area contributed by atoms with E-state index in [4.69, 9.17) is 9.47 Å². The molecule has 2 amide bonds.